The predicted octanol–water partition coefficient (Wildman–Crippen LogP) is 3.42. The minimum Gasteiger partial charge on any atom is -0.376 e. The molecule has 0 bridgehead atoms. The summed E-state index contributed by atoms with van der Waals surface area (Å²) in [6.45, 7) is 1.01. The van der Waals surface area contributed by atoms with Crippen LogP contribution in [0.1, 0.15) is 35.6 Å². The SMILES string of the molecule is N#Cc1ccc(CNC(=O)NC(c2ccc(F)cc2)C2CCCO2)cc1. The summed E-state index contributed by atoms with van der Waals surface area (Å²) in [5.41, 5.74) is 2.29. The molecule has 5 nitrogen and oxygen atoms in total. The predicted molar refractivity (Wildman–Crippen MR) is 94.6 cm³/mol. The molecule has 3 rings (SSSR count). The number of rotatable bonds is 5. The molecule has 2 amide bonds. The van der Waals surface area contributed by atoms with E-state index in [1.165, 1.54) is 12.1 Å². The first kappa shape index (κ1) is 17.9. The Morgan fingerprint density at radius 1 is 1.23 bits per heavy atom. The first-order valence-corrected chi connectivity index (χ1v) is 8.56. The van der Waals surface area contributed by atoms with Gasteiger partial charge in [0.2, 0.25) is 0 Å². The Morgan fingerprint density at radius 2 is 1.96 bits per heavy atom. The fourth-order valence-corrected chi connectivity index (χ4v) is 3.00. The number of benzene rings is 2. The van der Waals surface area contributed by atoms with Crippen molar-refractivity contribution in [1.82, 2.24) is 10.6 Å². The Kier molecular flexibility index (Phi) is 5.82. The molecule has 2 unspecified atom stereocenters. The van der Waals surface area contributed by atoms with Crippen LogP contribution in [0.2, 0.25) is 0 Å². The van der Waals surface area contributed by atoms with Crippen molar-refractivity contribution in [2.24, 2.45) is 0 Å². The second kappa shape index (κ2) is 8.45. The number of carbonyl (C=O) groups excluding carboxylic acids is 1. The van der Waals surface area contributed by atoms with Gasteiger partial charge in [0.15, 0.2) is 0 Å². The number of hydrogen-bond donors (Lipinski definition) is 2. The van der Waals surface area contributed by atoms with E-state index in [1.54, 1.807) is 36.4 Å². The lowest BCUT2D eigenvalue weighted by Gasteiger charge is -2.25. The molecule has 2 aromatic rings. The maximum absolute atomic E-state index is 13.2. The molecule has 0 aromatic heterocycles. The highest BCUT2D eigenvalue weighted by Crippen LogP contribution is 2.27. The number of carbonyl (C=O) groups is 1. The molecule has 1 saturated heterocycles. The Bertz CT molecular complexity index is 778. The van der Waals surface area contributed by atoms with Crippen LogP contribution in [0.4, 0.5) is 9.18 Å². The summed E-state index contributed by atoms with van der Waals surface area (Å²) in [6.07, 6.45) is 1.66. The fourth-order valence-electron chi connectivity index (χ4n) is 3.00. The number of halogens is 1. The average Bonchev–Trinajstić information content (AvgIpc) is 3.20. The summed E-state index contributed by atoms with van der Waals surface area (Å²) >= 11 is 0. The molecule has 26 heavy (non-hydrogen) atoms. The molecule has 1 aliphatic heterocycles. The van der Waals surface area contributed by atoms with E-state index in [0.717, 1.165) is 24.0 Å². The highest BCUT2D eigenvalue weighted by atomic mass is 19.1. The minimum atomic E-state index is -0.334. The monoisotopic (exact) mass is 353 g/mol. The van der Waals surface area contributed by atoms with Crippen LogP contribution in [0, 0.1) is 17.1 Å². The van der Waals surface area contributed by atoms with Crippen molar-refractivity contribution in [3.05, 3.63) is 71.0 Å². The molecule has 1 fully saturated rings. The van der Waals surface area contributed by atoms with Gasteiger partial charge in [-0.3, -0.25) is 0 Å². The van der Waals surface area contributed by atoms with E-state index in [1.807, 2.05) is 0 Å². The van der Waals surface area contributed by atoms with E-state index < -0.39 is 0 Å². The fraction of sp³-hybridized carbons (Fsp3) is 0.300. The van der Waals surface area contributed by atoms with Gasteiger partial charge in [0.05, 0.1) is 23.8 Å². The zero-order valence-electron chi connectivity index (χ0n) is 14.2. The second-order valence-electron chi connectivity index (χ2n) is 6.22. The number of urea groups is 1. The van der Waals surface area contributed by atoms with E-state index in [2.05, 4.69) is 16.7 Å². The highest BCUT2D eigenvalue weighted by Gasteiger charge is 2.28. The lowest BCUT2D eigenvalue weighted by atomic mass is 9.99. The quantitative estimate of drug-likeness (QED) is 0.865. The smallest absolute Gasteiger partial charge is 0.315 e. The minimum absolute atomic E-state index is 0.124. The molecule has 134 valence electrons. The topological polar surface area (TPSA) is 74.2 Å². The van der Waals surface area contributed by atoms with Gasteiger partial charge in [0.25, 0.3) is 0 Å². The van der Waals surface area contributed by atoms with Gasteiger partial charge in [0, 0.05) is 13.2 Å². The molecule has 2 N–H and O–H groups in total. The van der Waals surface area contributed by atoms with Gasteiger partial charge in [-0.15, -0.1) is 0 Å². The van der Waals surface area contributed by atoms with Crippen molar-refractivity contribution >= 4 is 6.03 Å². The lowest BCUT2D eigenvalue weighted by Crippen LogP contribution is -2.42. The molecule has 0 radical (unpaired) electrons. The molecule has 2 aromatic carbocycles. The van der Waals surface area contributed by atoms with Crippen LogP contribution in [0.3, 0.4) is 0 Å². The zero-order valence-corrected chi connectivity index (χ0v) is 14.2. The van der Waals surface area contributed by atoms with Crippen LogP contribution in [0.25, 0.3) is 0 Å². The van der Waals surface area contributed by atoms with Crippen molar-refractivity contribution in [2.45, 2.75) is 31.5 Å². The first-order chi connectivity index (χ1) is 12.7. The summed E-state index contributed by atoms with van der Waals surface area (Å²) < 4.78 is 18.9. The van der Waals surface area contributed by atoms with Crippen molar-refractivity contribution in [3.8, 4) is 6.07 Å². The summed E-state index contributed by atoms with van der Waals surface area (Å²) in [7, 11) is 0. The van der Waals surface area contributed by atoms with E-state index in [0.29, 0.717) is 18.7 Å². The number of hydrogen-bond acceptors (Lipinski definition) is 3. The zero-order chi connectivity index (χ0) is 18.4. The van der Waals surface area contributed by atoms with E-state index in [9.17, 15) is 9.18 Å². The van der Waals surface area contributed by atoms with Gasteiger partial charge >= 0.3 is 6.03 Å². The third-order valence-corrected chi connectivity index (χ3v) is 4.39. The molecule has 1 heterocycles. The molecular formula is C20H20FN3O2. The maximum Gasteiger partial charge on any atom is 0.315 e. The summed E-state index contributed by atoms with van der Waals surface area (Å²) in [6, 6.07) is 14.5. The third-order valence-electron chi connectivity index (χ3n) is 4.39. The summed E-state index contributed by atoms with van der Waals surface area (Å²) in [5.74, 6) is -0.315. The van der Waals surface area contributed by atoms with Crippen LogP contribution in [-0.2, 0) is 11.3 Å². The molecule has 0 spiro atoms. The van der Waals surface area contributed by atoms with Crippen LogP contribution in [-0.4, -0.2) is 18.7 Å². The van der Waals surface area contributed by atoms with Crippen molar-refractivity contribution in [3.63, 3.8) is 0 Å². The van der Waals surface area contributed by atoms with Gasteiger partial charge < -0.3 is 15.4 Å². The van der Waals surface area contributed by atoms with Crippen molar-refractivity contribution in [1.29, 1.82) is 5.26 Å². The number of ether oxygens (including phenoxy) is 1. The average molecular weight is 353 g/mol. The van der Waals surface area contributed by atoms with Crippen molar-refractivity contribution in [2.75, 3.05) is 6.61 Å². The molecule has 1 aliphatic rings. The molecule has 0 saturated carbocycles. The number of nitrogens with zero attached hydrogens (tertiary/aromatic N) is 1. The van der Waals surface area contributed by atoms with E-state index in [-0.39, 0.29) is 24.0 Å². The molecular weight excluding hydrogens is 333 g/mol. The van der Waals surface area contributed by atoms with E-state index >= 15 is 0 Å². The highest BCUT2D eigenvalue weighted by molar-refractivity contribution is 5.74. The number of nitrogens with one attached hydrogen (secondary N) is 2. The van der Waals surface area contributed by atoms with Gasteiger partial charge in [-0.05, 0) is 48.2 Å². The second-order valence-corrected chi connectivity index (χ2v) is 6.22. The lowest BCUT2D eigenvalue weighted by molar-refractivity contribution is 0.0807. The standard InChI is InChI=1S/C20H20FN3O2/c21-17-9-7-16(8-10-17)19(18-2-1-11-26-18)24-20(25)23-13-15-5-3-14(12-22)4-6-15/h3-10,18-19H,1-2,11,13H2,(H2,23,24,25). The summed E-state index contributed by atoms with van der Waals surface area (Å²) in [4.78, 5) is 12.3. The molecule has 6 heteroatoms. The Hall–Kier alpha value is -2.91. The Balaban J connectivity index is 1.62. The van der Waals surface area contributed by atoms with Gasteiger partial charge in [-0.1, -0.05) is 24.3 Å². The van der Waals surface area contributed by atoms with Crippen LogP contribution in [0.15, 0.2) is 48.5 Å². The normalized spacial score (nSPS) is 17.3. The van der Waals surface area contributed by atoms with E-state index in [4.69, 9.17) is 10.00 Å². The Morgan fingerprint density at radius 3 is 2.58 bits per heavy atom. The van der Waals surface area contributed by atoms with Crippen LogP contribution >= 0.6 is 0 Å². The van der Waals surface area contributed by atoms with Gasteiger partial charge in [-0.25, -0.2) is 9.18 Å². The molecule has 2 atom stereocenters. The summed E-state index contributed by atoms with van der Waals surface area (Å²) in [5, 5.41) is 14.6. The van der Waals surface area contributed by atoms with Gasteiger partial charge in [0.1, 0.15) is 5.82 Å². The van der Waals surface area contributed by atoms with Gasteiger partial charge in [-0.2, -0.15) is 5.26 Å². The number of amides is 2. The van der Waals surface area contributed by atoms with Crippen molar-refractivity contribution < 1.29 is 13.9 Å². The third kappa shape index (κ3) is 4.58. The Labute approximate surface area is 151 Å². The largest absolute Gasteiger partial charge is 0.376 e. The molecule has 0 aliphatic carbocycles. The number of nitriles is 1. The maximum atomic E-state index is 13.2. The van der Waals surface area contributed by atoms with Crippen LogP contribution < -0.4 is 10.6 Å². The van der Waals surface area contributed by atoms with Crippen LogP contribution in [0.5, 0.6) is 0 Å². The first-order valence-electron chi connectivity index (χ1n) is 8.56.